The predicted octanol–water partition coefficient (Wildman–Crippen LogP) is 6.46. The number of benzene rings is 2. The number of anilines is 1. The number of amides is 1. The van der Waals surface area contributed by atoms with E-state index in [0.29, 0.717) is 27.7 Å². The number of hydrogen-bond acceptors (Lipinski definition) is 7. The van der Waals surface area contributed by atoms with Gasteiger partial charge in [-0.1, -0.05) is 51.4 Å². The van der Waals surface area contributed by atoms with Gasteiger partial charge >= 0.3 is 0 Å². The number of hydrogen-bond donors (Lipinski definition) is 1. The molecule has 0 bridgehead atoms. The van der Waals surface area contributed by atoms with Crippen molar-refractivity contribution in [2.45, 2.75) is 32.2 Å². The topological polar surface area (TPSA) is 81.9 Å². The van der Waals surface area contributed by atoms with Crippen molar-refractivity contribution in [2.75, 3.05) is 11.1 Å². The van der Waals surface area contributed by atoms with Gasteiger partial charge in [0, 0.05) is 27.0 Å². The number of thioether (sulfide) groups is 1. The van der Waals surface area contributed by atoms with E-state index in [1.165, 1.54) is 23.1 Å². The third-order valence-electron chi connectivity index (χ3n) is 4.83. The zero-order chi connectivity index (χ0) is 24.1. The monoisotopic (exact) mass is 577 g/mol. The van der Waals surface area contributed by atoms with Gasteiger partial charge in [-0.3, -0.25) is 4.79 Å². The van der Waals surface area contributed by atoms with Crippen LogP contribution in [0, 0.1) is 6.92 Å². The fourth-order valence-corrected chi connectivity index (χ4v) is 5.19. The van der Waals surface area contributed by atoms with Gasteiger partial charge in [-0.15, -0.1) is 21.5 Å². The molecule has 0 aliphatic heterocycles. The number of nitrogens with one attached hydrogen (secondary N) is 1. The molecule has 2 aromatic carbocycles. The van der Waals surface area contributed by atoms with E-state index in [4.69, 9.17) is 16.3 Å². The van der Waals surface area contributed by atoms with E-state index in [0.717, 1.165) is 27.0 Å². The number of aromatic nitrogens is 4. The number of nitrogens with zero attached hydrogens (tertiary/aromatic N) is 4. The minimum atomic E-state index is -0.151. The van der Waals surface area contributed by atoms with Crippen LogP contribution in [0.25, 0.3) is 11.3 Å². The summed E-state index contributed by atoms with van der Waals surface area (Å²) >= 11 is 12.2. The molecule has 0 saturated carbocycles. The number of carbonyl (C=O) groups is 1. The highest BCUT2D eigenvalue weighted by molar-refractivity contribution is 9.10. The lowest BCUT2D eigenvalue weighted by molar-refractivity contribution is -0.113. The minimum Gasteiger partial charge on any atom is -0.485 e. The summed E-state index contributed by atoms with van der Waals surface area (Å²) in [5, 5.41) is 15.2. The lowest BCUT2D eigenvalue weighted by atomic mass is 10.2. The fraction of sp³-hybridized carbons (Fsp3) is 0.217. The van der Waals surface area contributed by atoms with Gasteiger partial charge in [0.2, 0.25) is 5.91 Å². The van der Waals surface area contributed by atoms with Gasteiger partial charge in [0.05, 0.1) is 11.4 Å². The van der Waals surface area contributed by atoms with E-state index in [-0.39, 0.29) is 18.3 Å². The highest BCUT2D eigenvalue weighted by atomic mass is 79.9. The van der Waals surface area contributed by atoms with Gasteiger partial charge in [0.15, 0.2) is 16.1 Å². The van der Waals surface area contributed by atoms with Crippen LogP contribution in [0.4, 0.5) is 5.13 Å². The van der Waals surface area contributed by atoms with Gasteiger partial charge in [-0.2, -0.15) is 0 Å². The first-order valence-corrected chi connectivity index (χ1v) is 13.4. The quantitative estimate of drug-likeness (QED) is 0.230. The molecule has 7 nitrogen and oxygen atoms in total. The van der Waals surface area contributed by atoms with Crippen LogP contribution < -0.4 is 10.1 Å². The van der Waals surface area contributed by atoms with Gasteiger partial charge < -0.3 is 14.6 Å². The molecule has 1 amide bonds. The smallest absolute Gasteiger partial charge is 0.236 e. The van der Waals surface area contributed by atoms with Crippen molar-refractivity contribution in [3.8, 4) is 17.0 Å². The Balaban J connectivity index is 1.33. The maximum atomic E-state index is 12.5. The van der Waals surface area contributed by atoms with Crippen molar-refractivity contribution in [1.29, 1.82) is 0 Å². The normalized spacial score (nSPS) is 10.9. The van der Waals surface area contributed by atoms with Crippen molar-refractivity contribution in [3.05, 3.63) is 68.7 Å². The zero-order valence-electron chi connectivity index (χ0n) is 18.4. The highest BCUT2D eigenvalue weighted by Crippen LogP contribution is 2.27. The summed E-state index contributed by atoms with van der Waals surface area (Å²) in [5.74, 6) is 1.48. The predicted molar refractivity (Wildman–Crippen MR) is 141 cm³/mol. The van der Waals surface area contributed by atoms with Gasteiger partial charge in [0.1, 0.15) is 12.4 Å². The van der Waals surface area contributed by atoms with Crippen molar-refractivity contribution in [1.82, 2.24) is 19.7 Å². The molecule has 0 spiro atoms. The third-order valence-corrected chi connectivity index (χ3v) is 7.31. The average Bonchev–Trinajstić information content (AvgIpc) is 3.44. The summed E-state index contributed by atoms with van der Waals surface area (Å²) in [4.78, 5) is 17.0. The largest absolute Gasteiger partial charge is 0.485 e. The molecule has 0 radical (unpaired) electrons. The second kappa shape index (κ2) is 11.4. The standard InChI is InChI=1S/C23H21BrClN5O2S2/c1-3-30-20(11-32-19-9-8-17(25)10-14(19)2)28-29-23(30)34-13-21(31)27-22-26-18(12-33-22)15-4-6-16(24)7-5-15/h4-10,12H,3,11,13H2,1-2H3,(H,26,27,31). The van der Waals surface area contributed by atoms with Crippen LogP contribution in [0.1, 0.15) is 18.3 Å². The molecule has 2 heterocycles. The molecule has 176 valence electrons. The van der Waals surface area contributed by atoms with Crippen LogP contribution >= 0.6 is 50.6 Å². The second-order valence-electron chi connectivity index (χ2n) is 7.22. The number of ether oxygens (including phenoxy) is 1. The fourth-order valence-electron chi connectivity index (χ4n) is 3.14. The lowest BCUT2D eigenvalue weighted by Gasteiger charge is -2.10. The number of carbonyl (C=O) groups excluding carboxylic acids is 1. The number of halogens is 2. The molecular weight excluding hydrogens is 558 g/mol. The maximum Gasteiger partial charge on any atom is 0.236 e. The van der Waals surface area contributed by atoms with Crippen LogP contribution in [0.2, 0.25) is 5.02 Å². The van der Waals surface area contributed by atoms with Gasteiger partial charge in [-0.05, 0) is 49.7 Å². The first kappa shape index (κ1) is 24.7. The minimum absolute atomic E-state index is 0.151. The Morgan fingerprint density at radius 1 is 1.24 bits per heavy atom. The summed E-state index contributed by atoms with van der Waals surface area (Å²) in [7, 11) is 0. The molecule has 11 heteroatoms. The van der Waals surface area contributed by atoms with Crippen LogP contribution in [-0.4, -0.2) is 31.4 Å². The van der Waals surface area contributed by atoms with Crippen LogP contribution in [0.5, 0.6) is 5.75 Å². The molecule has 0 aliphatic rings. The summed E-state index contributed by atoms with van der Waals surface area (Å²) in [5.41, 5.74) is 2.77. The summed E-state index contributed by atoms with van der Waals surface area (Å²) < 4.78 is 8.85. The number of thiazole rings is 1. The van der Waals surface area contributed by atoms with Crippen LogP contribution in [0.3, 0.4) is 0 Å². The highest BCUT2D eigenvalue weighted by Gasteiger charge is 2.15. The summed E-state index contributed by atoms with van der Waals surface area (Å²) in [6.07, 6.45) is 0. The summed E-state index contributed by atoms with van der Waals surface area (Å²) in [6, 6.07) is 13.4. The van der Waals surface area contributed by atoms with Crippen molar-refractivity contribution in [3.63, 3.8) is 0 Å². The van der Waals surface area contributed by atoms with Gasteiger partial charge in [-0.25, -0.2) is 4.98 Å². The molecule has 1 N–H and O–H groups in total. The number of rotatable bonds is 9. The van der Waals surface area contributed by atoms with E-state index < -0.39 is 0 Å². The van der Waals surface area contributed by atoms with Crippen LogP contribution in [-0.2, 0) is 17.9 Å². The van der Waals surface area contributed by atoms with E-state index in [2.05, 4.69) is 36.4 Å². The Morgan fingerprint density at radius 2 is 2.03 bits per heavy atom. The molecule has 0 unspecified atom stereocenters. The molecule has 0 aliphatic carbocycles. The Kier molecular flexibility index (Phi) is 8.25. The summed E-state index contributed by atoms with van der Waals surface area (Å²) in [6.45, 7) is 4.88. The molecule has 4 rings (SSSR count). The molecule has 4 aromatic rings. The lowest BCUT2D eigenvalue weighted by Crippen LogP contribution is -2.14. The Hall–Kier alpha value is -2.40. The Bertz CT molecular complexity index is 1290. The van der Waals surface area contributed by atoms with Crippen molar-refractivity contribution < 1.29 is 9.53 Å². The van der Waals surface area contributed by atoms with Crippen LogP contribution in [0.15, 0.2) is 57.5 Å². The van der Waals surface area contributed by atoms with E-state index in [9.17, 15) is 4.79 Å². The van der Waals surface area contributed by atoms with Gasteiger partial charge in [0.25, 0.3) is 0 Å². The molecule has 34 heavy (non-hydrogen) atoms. The Labute approximate surface area is 219 Å². The Morgan fingerprint density at radius 3 is 2.76 bits per heavy atom. The van der Waals surface area contributed by atoms with Crippen molar-refractivity contribution in [2.24, 2.45) is 0 Å². The molecular formula is C23H21BrClN5O2S2. The molecule has 0 fully saturated rings. The second-order valence-corrected chi connectivity index (χ2v) is 10.4. The molecule has 0 saturated heterocycles. The average molecular weight is 579 g/mol. The third kappa shape index (κ3) is 6.18. The molecule has 2 aromatic heterocycles. The van der Waals surface area contributed by atoms with E-state index >= 15 is 0 Å². The maximum absolute atomic E-state index is 12.5. The first-order chi connectivity index (χ1) is 16.4. The van der Waals surface area contributed by atoms with E-state index in [1.54, 1.807) is 6.07 Å². The molecule has 0 atom stereocenters. The first-order valence-electron chi connectivity index (χ1n) is 10.4. The van der Waals surface area contributed by atoms with Crippen molar-refractivity contribution >= 4 is 61.7 Å². The SMILES string of the molecule is CCn1c(COc2ccc(Cl)cc2C)nnc1SCC(=O)Nc1nc(-c2ccc(Br)cc2)cs1. The van der Waals surface area contributed by atoms with E-state index in [1.807, 2.05) is 60.2 Å². The number of aryl methyl sites for hydroxylation is 1. The zero-order valence-corrected chi connectivity index (χ0v) is 22.4.